The fourth-order valence-electron chi connectivity index (χ4n) is 2.02. The second-order valence-corrected chi connectivity index (χ2v) is 4.76. The largest absolute Gasteiger partial charge is 0.381 e. The summed E-state index contributed by atoms with van der Waals surface area (Å²) in [6.45, 7) is 3.11. The first-order valence-electron chi connectivity index (χ1n) is 5.01. The van der Waals surface area contributed by atoms with E-state index in [-0.39, 0.29) is 0 Å². The van der Waals surface area contributed by atoms with Crippen molar-refractivity contribution in [2.45, 2.75) is 25.3 Å². The summed E-state index contributed by atoms with van der Waals surface area (Å²) in [4.78, 5) is 0. The number of benzene rings is 1. The summed E-state index contributed by atoms with van der Waals surface area (Å²) in [5.74, 6) is 0. The van der Waals surface area contributed by atoms with Gasteiger partial charge in [-0.05, 0) is 37.5 Å². The lowest BCUT2D eigenvalue weighted by Gasteiger charge is -2.30. The Hall–Kier alpha value is -0.890. The summed E-state index contributed by atoms with van der Waals surface area (Å²) in [6, 6.07) is 4.00. The molecule has 3 rings (SSSR count). The van der Waals surface area contributed by atoms with E-state index in [4.69, 9.17) is 11.6 Å². The van der Waals surface area contributed by atoms with Gasteiger partial charge in [-0.15, -0.1) is 0 Å². The van der Waals surface area contributed by atoms with Gasteiger partial charge in [0.1, 0.15) is 0 Å². The van der Waals surface area contributed by atoms with Crippen molar-refractivity contribution in [3.63, 3.8) is 0 Å². The molecule has 14 heavy (non-hydrogen) atoms. The fourth-order valence-corrected chi connectivity index (χ4v) is 2.18. The number of halogens is 1. The first-order chi connectivity index (χ1) is 6.70. The van der Waals surface area contributed by atoms with E-state index >= 15 is 0 Å². The third-order valence-corrected chi connectivity index (χ3v) is 3.67. The Kier molecular flexibility index (Phi) is 1.55. The van der Waals surface area contributed by atoms with Crippen LogP contribution in [0.1, 0.15) is 18.4 Å². The maximum atomic E-state index is 6.09. The van der Waals surface area contributed by atoms with Crippen molar-refractivity contribution in [3.8, 4) is 0 Å². The molecule has 1 saturated carbocycles. The molecule has 0 aromatic heterocycles. The number of nitrogens with one attached hydrogen (secondary N) is 2. The van der Waals surface area contributed by atoms with E-state index < -0.39 is 0 Å². The lowest BCUT2D eigenvalue weighted by molar-refractivity contribution is 0.753. The molecule has 1 spiro atoms. The van der Waals surface area contributed by atoms with Gasteiger partial charge in [-0.25, -0.2) is 0 Å². The molecule has 2 N–H and O–H groups in total. The predicted octanol–water partition coefficient (Wildman–Crippen LogP) is 3.02. The molecule has 2 nitrogen and oxygen atoms in total. The molecule has 74 valence electrons. The molecular weight excluding hydrogens is 196 g/mol. The molecular formula is C11H13ClN2. The van der Waals surface area contributed by atoms with Crippen LogP contribution in [0.5, 0.6) is 0 Å². The van der Waals surface area contributed by atoms with Crippen LogP contribution in [-0.2, 0) is 0 Å². The quantitative estimate of drug-likeness (QED) is 0.685. The monoisotopic (exact) mass is 208 g/mol. The van der Waals surface area contributed by atoms with Gasteiger partial charge >= 0.3 is 0 Å². The van der Waals surface area contributed by atoms with Crippen molar-refractivity contribution >= 4 is 23.0 Å². The molecule has 1 fully saturated rings. The van der Waals surface area contributed by atoms with Gasteiger partial charge in [0.05, 0.1) is 16.9 Å². The Morgan fingerprint density at radius 2 is 2.14 bits per heavy atom. The van der Waals surface area contributed by atoms with E-state index in [1.807, 2.05) is 12.1 Å². The van der Waals surface area contributed by atoms with Gasteiger partial charge < -0.3 is 10.6 Å². The van der Waals surface area contributed by atoms with Crippen LogP contribution in [0.3, 0.4) is 0 Å². The van der Waals surface area contributed by atoms with Crippen LogP contribution in [0.2, 0.25) is 5.02 Å². The predicted molar refractivity (Wildman–Crippen MR) is 60.3 cm³/mol. The zero-order valence-electron chi connectivity index (χ0n) is 8.15. The van der Waals surface area contributed by atoms with Gasteiger partial charge in [0, 0.05) is 11.6 Å². The molecule has 1 aliphatic heterocycles. The fraction of sp³-hybridized carbons (Fsp3) is 0.455. The SMILES string of the molecule is Cc1c(Cl)ccc2c1NC1(CC1)CN2. The first kappa shape index (κ1) is 8.42. The zero-order valence-corrected chi connectivity index (χ0v) is 8.91. The molecule has 1 aromatic carbocycles. The van der Waals surface area contributed by atoms with Crippen LogP contribution in [0, 0.1) is 6.92 Å². The number of anilines is 2. The summed E-state index contributed by atoms with van der Waals surface area (Å²) in [6.07, 6.45) is 2.54. The second-order valence-electron chi connectivity index (χ2n) is 4.35. The normalized spacial score (nSPS) is 21.0. The Bertz CT molecular complexity index is 397. The van der Waals surface area contributed by atoms with Crippen molar-refractivity contribution in [2.24, 2.45) is 0 Å². The average Bonchev–Trinajstić information content (AvgIpc) is 2.93. The lowest BCUT2D eigenvalue weighted by Crippen LogP contribution is -2.35. The highest BCUT2D eigenvalue weighted by molar-refractivity contribution is 6.32. The van der Waals surface area contributed by atoms with Gasteiger partial charge in [0.15, 0.2) is 0 Å². The number of hydrogen-bond donors (Lipinski definition) is 2. The third-order valence-electron chi connectivity index (χ3n) is 3.26. The molecule has 1 heterocycles. The smallest absolute Gasteiger partial charge is 0.0625 e. The van der Waals surface area contributed by atoms with Crippen LogP contribution < -0.4 is 10.6 Å². The number of fused-ring (bicyclic) bond motifs is 1. The summed E-state index contributed by atoms with van der Waals surface area (Å²) in [5, 5.41) is 7.92. The van der Waals surface area contributed by atoms with Crippen molar-refractivity contribution in [3.05, 3.63) is 22.7 Å². The van der Waals surface area contributed by atoms with Crippen LogP contribution in [-0.4, -0.2) is 12.1 Å². The molecule has 3 heteroatoms. The van der Waals surface area contributed by atoms with Gasteiger partial charge in [-0.3, -0.25) is 0 Å². The molecule has 1 aliphatic carbocycles. The minimum absolute atomic E-state index is 0.336. The molecule has 0 bridgehead atoms. The van der Waals surface area contributed by atoms with Crippen LogP contribution in [0.25, 0.3) is 0 Å². The Labute approximate surface area is 88.6 Å². The van der Waals surface area contributed by atoms with E-state index in [1.54, 1.807) is 0 Å². The number of rotatable bonds is 0. The summed E-state index contributed by atoms with van der Waals surface area (Å²) in [7, 11) is 0. The molecule has 0 atom stereocenters. The minimum atomic E-state index is 0.336. The highest BCUT2D eigenvalue weighted by Gasteiger charge is 2.45. The van der Waals surface area contributed by atoms with Crippen molar-refractivity contribution in [1.29, 1.82) is 0 Å². The molecule has 0 radical (unpaired) electrons. The third kappa shape index (κ3) is 1.10. The van der Waals surface area contributed by atoms with Gasteiger partial charge in [0.2, 0.25) is 0 Å². The van der Waals surface area contributed by atoms with Crippen LogP contribution in [0.15, 0.2) is 12.1 Å². The lowest BCUT2D eigenvalue weighted by atomic mass is 10.1. The summed E-state index contributed by atoms with van der Waals surface area (Å²) in [5.41, 5.74) is 3.87. The average molecular weight is 209 g/mol. The summed E-state index contributed by atoms with van der Waals surface area (Å²) < 4.78 is 0. The first-order valence-corrected chi connectivity index (χ1v) is 5.39. The van der Waals surface area contributed by atoms with Crippen molar-refractivity contribution < 1.29 is 0 Å². The van der Waals surface area contributed by atoms with E-state index in [0.717, 1.165) is 17.1 Å². The molecule has 1 aromatic rings. The Morgan fingerprint density at radius 3 is 2.86 bits per heavy atom. The second kappa shape index (κ2) is 2.57. The van der Waals surface area contributed by atoms with Gasteiger partial charge in [0.25, 0.3) is 0 Å². The Balaban J connectivity index is 2.09. The standard InChI is InChI=1S/C11H13ClN2/c1-7-8(12)2-3-9-10(7)14-11(4-5-11)6-13-9/h2-3,13-14H,4-6H2,1H3. The minimum Gasteiger partial charge on any atom is -0.381 e. The molecule has 0 saturated heterocycles. The van der Waals surface area contributed by atoms with Crippen LogP contribution in [0.4, 0.5) is 11.4 Å². The molecule has 0 unspecified atom stereocenters. The van der Waals surface area contributed by atoms with Crippen LogP contribution >= 0.6 is 11.6 Å². The summed E-state index contributed by atoms with van der Waals surface area (Å²) >= 11 is 6.09. The zero-order chi connectivity index (χ0) is 9.76. The maximum absolute atomic E-state index is 6.09. The topological polar surface area (TPSA) is 24.1 Å². The van der Waals surface area contributed by atoms with E-state index in [0.29, 0.717) is 5.54 Å². The van der Waals surface area contributed by atoms with E-state index in [1.165, 1.54) is 24.2 Å². The van der Waals surface area contributed by atoms with Crippen molar-refractivity contribution in [2.75, 3.05) is 17.2 Å². The Morgan fingerprint density at radius 1 is 1.36 bits per heavy atom. The molecule has 2 aliphatic rings. The highest BCUT2D eigenvalue weighted by atomic mass is 35.5. The molecule has 0 amide bonds. The maximum Gasteiger partial charge on any atom is 0.0625 e. The van der Waals surface area contributed by atoms with Crippen molar-refractivity contribution in [1.82, 2.24) is 0 Å². The van der Waals surface area contributed by atoms with E-state index in [9.17, 15) is 0 Å². The van der Waals surface area contributed by atoms with Gasteiger partial charge in [-0.2, -0.15) is 0 Å². The van der Waals surface area contributed by atoms with E-state index in [2.05, 4.69) is 17.6 Å². The highest BCUT2D eigenvalue weighted by Crippen LogP contribution is 2.46. The number of hydrogen-bond acceptors (Lipinski definition) is 2. The van der Waals surface area contributed by atoms with Gasteiger partial charge in [-0.1, -0.05) is 11.6 Å².